The van der Waals surface area contributed by atoms with Crippen LogP contribution in [-0.4, -0.2) is 18.5 Å². The second-order valence-corrected chi connectivity index (χ2v) is 4.51. The molecule has 0 saturated carbocycles. The zero-order valence-electron chi connectivity index (χ0n) is 8.48. The predicted molar refractivity (Wildman–Crippen MR) is 50.7 cm³/mol. The molecular weight excluding hydrogens is 152 g/mol. The lowest BCUT2D eigenvalue weighted by Gasteiger charge is -2.21. The normalized spacial score (nSPS) is 14.3. The van der Waals surface area contributed by atoms with Gasteiger partial charge in [0.25, 0.3) is 0 Å². The van der Waals surface area contributed by atoms with Crippen molar-refractivity contribution in [2.75, 3.05) is 6.54 Å². The fraction of sp³-hybridized carbons (Fsp3) is 0.889. The van der Waals surface area contributed by atoms with Crippen LogP contribution in [0.2, 0.25) is 0 Å². The van der Waals surface area contributed by atoms with Gasteiger partial charge in [-0.1, -0.05) is 20.8 Å². The van der Waals surface area contributed by atoms with Gasteiger partial charge in [0.2, 0.25) is 5.91 Å². The van der Waals surface area contributed by atoms with E-state index >= 15 is 0 Å². The summed E-state index contributed by atoms with van der Waals surface area (Å²) >= 11 is 0. The third-order valence-corrected chi connectivity index (χ3v) is 1.49. The highest BCUT2D eigenvalue weighted by atomic mass is 16.1. The van der Waals surface area contributed by atoms with Crippen LogP contribution in [0.3, 0.4) is 0 Å². The maximum Gasteiger partial charge on any atom is 0.218 e. The molecule has 1 atom stereocenters. The minimum atomic E-state index is -0.246. The second kappa shape index (κ2) is 4.45. The SMILES string of the molecule is CC(CC(N)=O)NCC(C)(C)C. The van der Waals surface area contributed by atoms with Crippen LogP contribution in [-0.2, 0) is 4.79 Å². The van der Waals surface area contributed by atoms with E-state index in [1.165, 1.54) is 0 Å². The summed E-state index contributed by atoms with van der Waals surface area (Å²) in [5.41, 5.74) is 5.31. The maximum atomic E-state index is 10.5. The Kier molecular flexibility index (Phi) is 4.24. The van der Waals surface area contributed by atoms with Crippen LogP contribution in [0.4, 0.5) is 0 Å². The summed E-state index contributed by atoms with van der Waals surface area (Å²) in [6.45, 7) is 9.32. The Morgan fingerprint density at radius 1 is 1.50 bits per heavy atom. The van der Waals surface area contributed by atoms with Crippen LogP contribution in [0.25, 0.3) is 0 Å². The van der Waals surface area contributed by atoms with Gasteiger partial charge < -0.3 is 11.1 Å². The Balaban J connectivity index is 3.57. The average Bonchev–Trinajstić information content (AvgIpc) is 1.80. The standard InChI is InChI=1S/C9H20N2O/c1-7(5-8(10)12)11-6-9(2,3)4/h7,11H,5-6H2,1-4H3,(H2,10,12). The lowest BCUT2D eigenvalue weighted by atomic mass is 9.96. The van der Waals surface area contributed by atoms with Gasteiger partial charge in [0.1, 0.15) is 0 Å². The van der Waals surface area contributed by atoms with Crippen LogP contribution >= 0.6 is 0 Å². The first-order valence-corrected chi connectivity index (χ1v) is 4.33. The molecule has 0 heterocycles. The summed E-state index contributed by atoms with van der Waals surface area (Å²) in [6, 6.07) is 0.182. The predicted octanol–water partition coefficient (Wildman–Crippen LogP) is 0.886. The molecule has 0 spiro atoms. The van der Waals surface area contributed by atoms with E-state index < -0.39 is 0 Å². The third kappa shape index (κ3) is 7.54. The van der Waals surface area contributed by atoms with E-state index in [2.05, 4.69) is 26.1 Å². The molecule has 0 aromatic rings. The monoisotopic (exact) mass is 172 g/mol. The summed E-state index contributed by atoms with van der Waals surface area (Å²) in [4.78, 5) is 10.5. The Morgan fingerprint density at radius 3 is 2.33 bits per heavy atom. The zero-order valence-corrected chi connectivity index (χ0v) is 8.48. The molecule has 0 bridgehead atoms. The van der Waals surface area contributed by atoms with Gasteiger partial charge in [0, 0.05) is 19.0 Å². The second-order valence-electron chi connectivity index (χ2n) is 4.51. The summed E-state index contributed by atoms with van der Waals surface area (Å²) < 4.78 is 0. The van der Waals surface area contributed by atoms with E-state index in [0.29, 0.717) is 6.42 Å². The van der Waals surface area contributed by atoms with E-state index in [0.717, 1.165) is 6.54 Å². The van der Waals surface area contributed by atoms with Crippen molar-refractivity contribution in [3.63, 3.8) is 0 Å². The molecule has 72 valence electrons. The number of carbonyl (C=O) groups is 1. The third-order valence-electron chi connectivity index (χ3n) is 1.49. The highest BCUT2D eigenvalue weighted by molar-refractivity contribution is 5.74. The highest BCUT2D eigenvalue weighted by Gasteiger charge is 2.12. The first-order valence-electron chi connectivity index (χ1n) is 4.33. The van der Waals surface area contributed by atoms with E-state index in [-0.39, 0.29) is 17.4 Å². The lowest BCUT2D eigenvalue weighted by molar-refractivity contribution is -0.118. The summed E-state index contributed by atoms with van der Waals surface area (Å²) in [5.74, 6) is -0.246. The van der Waals surface area contributed by atoms with E-state index in [4.69, 9.17) is 5.73 Å². The molecular formula is C9H20N2O. The molecule has 1 amide bonds. The molecule has 0 aromatic carbocycles. The maximum absolute atomic E-state index is 10.5. The van der Waals surface area contributed by atoms with Crippen LogP contribution < -0.4 is 11.1 Å². The quantitative estimate of drug-likeness (QED) is 0.661. The Labute approximate surface area is 74.7 Å². The van der Waals surface area contributed by atoms with Crippen molar-refractivity contribution in [3.05, 3.63) is 0 Å². The van der Waals surface area contributed by atoms with E-state index in [1.54, 1.807) is 0 Å². The number of hydrogen-bond donors (Lipinski definition) is 2. The van der Waals surface area contributed by atoms with Gasteiger partial charge in [-0.3, -0.25) is 4.79 Å². The van der Waals surface area contributed by atoms with Gasteiger partial charge >= 0.3 is 0 Å². The molecule has 1 unspecified atom stereocenters. The summed E-state index contributed by atoms with van der Waals surface area (Å²) in [7, 11) is 0. The molecule has 3 heteroatoms. The smallest absolute Gasteiger partial charge is 0.218 e. The molecule has 0 aliphatic heterocycles. The first-order chi connectivity index (χ1) is 5.31. The number of amides is 1. The fourth-order valence-corrected chi connectivity index (χ4v) is 0.854. The summed E-state index contributed by atoms with van der Waals surface area (Å²) in [6.07, 6.45) is 0.413. The zero-order chi connectivity index (χ0) is 9.78. The molecule has 0 rings (SSSR count). The van der Waals surface area contributed by atoms with Crippen molar-refractivity contribution < 1.29 is 4.79 Å². The summed E-state index contributed by atoms with van der Waals surface area (Å²) in [5, 5.41) is 3.25. The van der Waals surface area contributed by atoms with Crippen LogP contribution in [0, 0.1) is 5.41 Å². The number of nitrogens with two attached hydrogens (primary N) is 1. The van der Waals surface area contributed by atoms with Crippen LogP contribution in [0.5, 0.6) is 0 Å². The number of hydrogen-bond acceptors (Lipinski definition) is 2. The van der Waals surface area contributed by atoms with Crippen molar-refractivity contribution in [1.82, 2.24) is 5.32 Å². The Hall–Kier alpha value is -0.570. The van der Waals surface area contributed by atoms with Crippen molar-refractivity contribution in [1.29, 1.82) is 0 Å². The number of primary amides is 1. The number of rotatable bonds is 4. The first kappa shape index (κ1) is 11.4. The molecule has 0 aliphatic rings. The van der Waals surface area contributed by atoms with Crippen molar-refractivity contribution in [2.45, 2.75) is 40.2 Å². The average molecular weight is 172 g/mol. The van der Waals surface area contributed by atoms with Gasteiger partial charge in [0.05, 0.1) is 0 Å². The molecule has 3 N–H and O–H groups in total. The van der Waals surface area contributed by atoms with Gasteiger partial charge in [-0.2, -0.15) is 0 Å². The van der Waals surface area contributed by atoms with Crippen molar-refractivity contribution in [3.8, 4) is 0 Å². The Morgan fingerprint density at radius 2 is 2.00 bits per heavy atom. The fourth-order valence-electron chi connectivity index (χ4n) is 0.854. The van der Waals surface area contributed by atoms with Crippen LogP contribution in [0.1, 0.15) is 34.1 Å². The number of carbonyl (C=O) groups excluding carboxylic acids is 1. The van der Waals surface area contributed by atoms with Crippen molar-refractivity contribution in [2.24, 2.45) is 11.1 Å². The molecule has 12 heavy (non-hydrogen) atoms. The number of nitrogens with one attached hydrogen (secondary N) is 1. The molecule has 0 saturated heterocycles. The topological polar surface area (TPSA) is 55.1 Å². The Bertz CT molecular complexity index is 149. The van der Waals surface area contributed by atoms with E-state index in [9.17, 15) is 4.79 Å². The van der Waals surface area contributed by atoms with Gasteiger partial charge in [-0.25, -0.2) is 0 Å². The minimum Gasteiger partial charge on any atom is -0.370 e. The molecule has 0 aromatic heterocycles. The highest BCUT2D eigenvalue weighted by Crippen LogP contribution is 2.10. The molecule has 0 aliphatic carbocycles. The largest absolute Gasteiger partial charge is 0.370 e. The van der Waals surface area contributed by atoms with Crippen LogP contribution in [0.15, 0.2) is 0 Å². The lowest BCUT2D eigenvalue weighted by Crippen LogP contribution is -2.36. The van der Waals surface area contributed by atoms with Gasteiger partial charge in [-0.05, 0) is 12.3 Å². The van der Waals surface area contributed by atoms with E-state index in [1.807, 2.05) is 6.92 Å². The molecule has 0 radical (unpaired) electrons. The van der Waals surface area contributed by atoms with Crippen molar-refractivity contribution >= 4 is 5.91 Å². The van der Waals surface area contributed by atoms with Gasteiger partial charge in [-0.15, -0.1) is 0 Å². The molecule has 3 nitrogen and oxygen atoms in total. The van der Waals surface area contributed by atoms with Gasteiger partial charge in [0.15, 0.2) is 0 Å². The minimum absolute atomic E-state index is 0.182. The molecule has 0 fully saturated rings.